The van der Waals surface area contributed by atoms with Crippen molar-refractivity contribution >= 4 is 113 Å². The molecule has 0 unspecified atom stereocenters. The molecule has 2 aromatic heterocycles. The second-order valence-corrected chi connectivity index (χ2v) is 13.3. The Morgan fingerprint density at radius 1 is 0.757 bits per heavy atom. The minimum absolute atomic E-state index is 0.156. The molecule has 0 aliphatic rings. The molecular formula is C25H18Cl2N4O2S4. The average molecular weight is 606 g/mol. The van der Waals surface area contributed by atoms with Gasteiger partial charge in [-0.2, -0.15) is 0 Å². The van der Waals surface area contributed by atoms with Crippen LogP contribution < -0.4 is 10.6 Å². The zero-order valence-corrected chi connectivity index (χ0v) is 24.0. The van der Waals surface area contributed by atoms with Gasteiger partial charge in [-0.1, -0.05) is 46.7 Å². The molecule has 5 aromatic rings. The Balaban J connectivity index is 1.15. The Kier molecular flexibility index (Phi) is 8.23. The number of amides is 2. The molecule has 37 heavy (non-hydrogen) atoms. The van der Waals surface area contributed by atoms with Crippen molar-refractivity contribution in [3.63, 3.8) is 0 Å². The number of halogens is 2. The van der Waals surface area contributed by atoms with E-state index in [-0.39, 0.29) is 23.3 Å². The summed E-state index contributed by atoms with van der Waals surface area (Å²) in [7, 11) is 0. The number of anilines is 2. The maximum Gasteiger partial charge on any atom is 0.234 e. The Bertz CT molecular complexity index is 1520. The molecular weight excluding hydrogens is 587 g/mol. The topological polar surface area (TPSA) is 84.0 Å². The Labute approximate surface area is 239 Å². The number of nitrogens with one attached hydrogen (secondary N) is 2. The molecule has 5 rings (SSSR count). The number of hydrogen-bond donors (Lipinski definition) is 2. The number of fused-ring (bicyclic) bond motifs is 2. The number of hydrogen-bond acceptors (Lipinski definition) is 8. The fourth-order valence-corrected chi connectivity index (χ4v) is 7.49. The normalized spacial score (nSPS) is 11.2. The summed E-state index contributed by atoms with van der Waals surface area (Å²) in [5, 5.41) is 7.08. The molecule has 0 aliphatic heterocycles. The third-order valence-electron chi connectivity index (χ3n) is 4.96. The summed E-state index contributed by atoms with van der Waals surface area (Å²) >= 11 is 17.9. The van der Waals surface area contributed by atoms with Crippen molar-refractivity contribution in [3.8, 4) is 0 Å². The summed E-state index contributed by atoms with van der Waals surface area (Å²) < 4.78 is 3.66. The van der Waals surface area contributed by atoms with Crippen LogP contribution in [0.1, 0.15) is 5.56 Å². The van der Waals surface area contributed by atoms with Crippen LogP contribution in [-0.4, -0.2) is 33.3 Å². The van der Waals surface area contributed by atoms with E-state index in [1.807, 2.05) is 55.5 Å². The van der Waals surface area contributed by atoms with Crippen molar-refractivity contribution in [2.24, 2.45) is 0 Å². The summed E-state index contributed by atoms with van der Waals surface area (Å²) in [6, 6.07) is 16.6. The maximum atomic E-state index is 12.6. The molecule has 188 valence electrons. The second kappa shape index (κ2) is 11.6. The number of thioether (sulfide) groups is 2. The van der Waals surface area contributed by atoms with Crippen molar-refractivity contribution in [2.45, 2.75) is 15.6 Å². The summed E-state index contributed by atoms with van der Waals surface area (Å²) in [6.07, 6.45) is 0. The molecule has 2 heterocycles. The first-order valence-electron chi connectivity index (χ1n) is 10.9. The number of aromatic nitrogens is 2. The van der Waals surface area contributed by atoms with Gasteiger partial charge in [-0.15, -0.1) is 22.7 Å². The molecule has 2 N–H and O–H groups in total. The molecule has 0 bridgehead atoms. The molecule has 12 heteroatoms. The lowest BCUT2D eigenvalue weighted by Gasteiger charge is -2.10. The van der Waals surface area contributed by atoms with Crippen molar-refractivity contribution in [1.82, 2.24) is 9.97 Å². The Morgan fingerprint density at radius 2 is 1.22 bits per heavy atom. The van der Waals surface area contributed by atoms with Gasteiger partial charge in [0.1, 0.15) is 0 Å². The third kappa shape index (κ3) is 6.95. The van der Waals surface area contributed by atoms with E-state index in [2.05, 4.69) is 20.6 Å². The lowest BCUT2D eigenvalue weighted by Crippen LogP contribution is -2.16. The monoisotopic (exact) mass is 604 g/mol. The van der Waals surface area contributed by atoms with Crippen molar-refractivity contribution in [2.75, 3.05) is 22.1 Å². The first kappa shape index (κ1) is 26.3. The highest BCUT2D eigenvalue weighted by molar-refractivity contribution is 8.02. The molecule has 0 saturated carbocycles. The van der Waals surface area contributed by atoms with Crippen LogP contribution >= 0.6 is 69.4 Å². The standard InChI is InChI=1S/C25H18Cl2N4O2S4/c1-13-6-16(28-22(32)11-34-24-30-18-8-14(26)2-4-20(18)36-24)10-17(7-13)29-23(33)12-35-25-31-19-9-15(27)3-5-21(19)37-25/h2-10H,11-12H2,1H3,(H,28,32)(H,29,33). The van der Waals surface area contributed by atoms with Gasteiger partial charge in [-0.05, 0) is 67.1 Å². The highest BCUT2D eigenvalue weighted by Gasteiger charge is 2.12. The van der Waals surface area contributed by atoms with E-state index in [1.165, 1.54) is 46.2 Å². The fourth-order valence-electron chi connectivity index (χ4n) is 3.46. The zero-order chi connectivity index (χ0) is 25.9. The van der Waals surface area contributed by atoms with Crippen LogP contribution in [0.2, 0.25) is 10.0 Å². The molecule has 0 saturated heterocycles. The quantitative estimate of drug-likeness (QED) is 0.175. The molecule has 2 amide bonds. The molecule has 0 spiro atoms. The van der Waals surface area contributed by atoms with Crippen molar-refractivity contribution in [1.29, 1.82) is 0 Å². The fraction of sp³-hybridized carbons (Fsp3) is 0.120. The van der Waals surface area contributed by atoms with Crippen molar-refractivity contribution < 1.29 is 9.59 Å². The highest BCUT2D eigenvalue weighted by atomic mass is 35.5. The van der Waals surface area contributed by atoms with Gasteiger partial charge in [0.05, 0.1) is 31.9 Å². The first-order valence-corrected chi connectivity index (χ1v) is 15.3. The minimum atomic E-state index is -0.156. The van der Waals surface area contributed by atoms with Crippen LogP contribution in [0.5, 0.6) is 0 Å². The summed E-state index contributed by atoms with van der Waals surface area (Å²) in [5.41, 5.74) is 3.80. The van der Waals surface area contributed by atoms with Crippen LogP contribution in [0.25, 0.3) is 20.4 Å². The largest absolute Gasteiger partial charge is 0.325 e. The van der Waals surface area contributed by atoms with Gasteiger partial charge in [0, 0.05) is 21.4 Å². The van der Waals surface area contributed by atoms with Crippen LogP contribution in [0, 0.1) is 6.92 Å². The van der Waals surface area contributed by atoms with Gasteiger partial charge in [0.25, 0.3) is 0 Å². The van der Waals surface area contributed by atoms with Gasteiger partial charge in [-0.3, -0.25) is 9.59 Å². The number of aryl methyl sites for hydroxylation is 1. The van der Waals surface area contributed by atoms with Crippen molar-refractivity contribution in [3.05, 3.63) is 70.2 Å². The van der Waals surface area contributed by atoms with E-state index in [0.717, 1.165) is 34.7 Å². The number of thiazole rings is 2. The number of benzene rings is 3. The van der Waals surface area contributed by atoms with E-state index in [1.54, 1.807) is 6.07 Å². The van der Waals surface area contributed by atoms with E-state index >= 15 is 0 Å². The number of nitrogens with zero attached hydrogens (tertiary/aromatic N) is 2. The lowest BCUT2D eigenvalue weighted by atomic mass is 10.2. The lowest BCUT2D eigenvalue weighted by molar-refractivity contribution is -0.114. The van der Waals surface area contributed by atoms with E-state index in [9.17, 15) is 9.59 Å². The molecule has 0 radical (unpaired) electrons. The Hall–Kier alpha value is -2.34. The number of rotatable bonds is 8. The predicted molar refractivity (Wildman–Crippen MR) is 159 cm³/mol. The van der Waals surface area contributed by atoms with Gasteiger partial charge < -0.3 is 10.6 Å². The first-order chi connectivity index (χ1) is 17.8. The molecule has 0 atom stereocenters. The van der Waals surface area contributed by atoms with Crippen LogP contribution in [0.3, 0.4) is 0 Å². The summed E-state index contributed by atoms with van der Waals surface area (Å²) in [6.45, 7) is 1.91. The third-order valence-corrected chi connectivity index (χ3v) is 9.79. The van der Waals surface area contributed by atoms with Gasteiger partial charge >= 0.3 is 0 Å². The summed E-state index contributed by atoms with van der Waals surface area (Å²) in [5.74, 6) is 0.119. The number of carbonyl (C=O) groups is 2. The van der Waals surface area contributed by atoms with Crippen LogP contribution in [0.15, 0.2) is 63.3 Å². The van der Waals surface area contributed by atoms with E-state index in [0.29, 0.717) is 21.4 Å². The van der Waals surface area contributed by atoms with Gasteiger partial charge in [-0.25, -0.2) is 9.97 Å². The van der Waals surface area contributed by atoms with Crippen LogP contribution in [0.4, 0.5) is 11.4 Å². The maximum absolute atomic E-state index is 12.6. The average Bonchev–Trinajstić information content (AvgIpc) is 3.43. The van der Waals surface area contributed by atoms with E-state index in [4.69, 9.17) is 23.2 Å². The molecule has 0 fully saturated rings. The number of carbonyl (C=O) groups excluding carboxylic acids is 2. The van der Waals surface area contributed by atoms with Gasteiger partial charge in [0.15, 0.2) is 8.68 Å². The van der Waals surface area contributed by atoms with Crippen LogP contribution in [-0.2, 0) is 9.59 Å². The van der Waals surface area contributed by atoms with Gasteiger partial charge in [0.2, 0.25) is 11.8 Å². The predicted octanol–water partition coefficient (Wildman–Crippen LogP) is 7.98. The molecule has 0 aliphatic carbocycles. The van der Waals surface area contributed by atoms with E-state index < -0.39 is 0 Å². The smallest absolute Gasteiger partial charge is 0.234 e. The Morgan fingerprint density at radius 3 is 1.68 bits per heavy atom. The minimum Gasteiger partial charge on any atom is -0.325 e. The molecule has 3 aromatic carbocycles. The highest BCUT2D eigenvalue weighted by Crippen LogP contribution is 2.32. The zero-order valence-electron chi connectivity index (χ0n) is 19.2. The molecule has 6 nitrogen and oxygen atoms in total. The second-order valence-electron chi connectivity index (χ2n) is 7.95. The summed E-state index contributed by atoms with van der Waals surface area (Å²) in [4.78, 5) is 34.2. The SMILES string of the molecule is Cc1cc(NC(=O)CSc2nc3cc(Cl)ccc3s2)cc(NC(=O)CSc2nc3cc(Cl)ccc3s2)c1.